The summed E-state index contributed by atoms with van der Waals surface area (Å²) in [6.45, 7) is 7.63. The van der Waals surface area contributed by atoms with Crippen molar-refractivity contribution in [2.75, 3.05) is 6.54 Å². The summed E-state index contributed by atoms with van der Waals surface area (Å²) in [5, 5.41) is 0. The predicted molar refractivity (Wildman–Crippen MR) is 106 cm³/mol. The normalized spacial score (nSPS) is 25.5. The van der Waals surface area contributed by atoms with Gasteiger partial charge in [-0.3, -0.25) is 9.59 Å². The number of rotatable bonds is 4. The van der Waals surface area contributed by atoms with Gasteiger partial charge in [-0.2, -0.15) is 0 Å². The summed E-state index contributed by atoms with van der Waals surface area (Å²) < 4.78 is 5.61. The molecule has 1 aromatic carbocycles. The maximum Gasteiger partial charge on any atom is 0.263 e. The van der Waals surface area contributed by atoms with Crippen LogP contribution < -0.4 is 10.3 Å². The summed E-state index contributed by atoms with van der Waals surface area (Å²) >= 11 is 0. The zero-order chi connectivity index (χ0) is 19.9. The number of carbonyl (C=O) groups is 1. The topological polar surface area (TPSA) is 75.3 Å². The Kier molecular flexibility index (Phi) is 4.52. The van der Waals surface area contributed by atoms with E-state index in [0.717, 1.165) is 19.3 Å². The number of amides is 1. The summed E-state index contributed by atoms with van der Waals surface area (Å²) in [6, 6.07) is 9.53. The molecule has 1 aliphatic carbocycles. The van der Waals surface area contributed by atoms with Crippen LogP contribution in [-0.4, -0.2) is 33.4 Å². The minimum Gasteiger partial charge on any atom is -0.486 e. The number of hydrogen-bond donors (Lipinski definition) is 1. The molecule has 4 rings (SSSR count). The van der Waals surface area contributed by atoms with E-state index in [1.54, 1.807) is 0 Å². The van der Waals surface area contributed by atoms with E-state index in [4.69, 9.17) is 4.74 Å². The maximum absolute atomic E-state index is 13.1. The highest BCUT2D eigenvalue weighted by molar-refractivity contribution is 5.94. The number of H-pyrrole nitrogens is 1. The SMILES string of the molecule is CC1(C)C[C@@H]2C[C@@](C)(CN2C(=O)c2cnc(COc3ccccc3)[nH]c2=O)C1. The Balaban J connectivity index is 1.49. The lowest BCUT2D eigenvalue weighted by Gasteiger charge is -2.39. The lowest BCUT2D eigenvalue weighted by molar-refractivity contribution is 0.0705. The number of carbonyl (C=O) groups excluding carboxylic acids is 1. The highest BCUT2D eigenvalue weighted by atomic mass is 16.5. The molecule has 0 spiro atoms. The first kappa shape index (κ1) is 18.7. The van der Waals surface area contributed by atoms with Crippen LogP contribution in [0.4, 0.5) is 0 Å². The smallest absolute Gasteiger partial charge is 0.263 e. The van der Waals surface area contributed by atoms with E-state index in [9.17, 15) is 9.59 Å². The molecule has 28 heavy (non-hydrogen) atoms. The molecule has 2 bridgehead atoms. The molecule has 1 aliphatic heterocycles. The molecular weight excluding hydrogens is 354 g/mol. The minimum atomic E-state index is -0.405. The molecule has 2 aromatic rings. The zero-order valence-electron chi connectivity index (χ0n) is 16.7. The van der Waals surface area contributed by atoms with Crippen LogP contribution in [0, 0.1) is 10.8 Å². The lowest BCUT2D eigenvalue weighted by Crippen LogP contribution is -2.40. The highest BCUT2D eigenvalue weighted by Gasteiger charge is 2.51. The van der Waals surface area contributed by atoms with Crippen LogP contribution in [0.25, 0.3) is 0 Å². The van der Waals surface area contributed by atoms with Gasteiger partial charge < -0.3 is 14.6 Å². The fraction of sp³-hybridized carbons (Fsp3) is 0.500. The number of ether oxygens (including phenoxy) is 1. The van der Waals surface area contributed by atoms with Crippen molar-refractivity contribution in [3.63, 3.8) is 0 Å². The van der Waals surface area contributed by atoms with E-state index in [1.165, 1.54) is 6.20 Å². The Morgan fingerprint density at radius 3 is 2.71 bits per heavy atom. The van der Waals surface area contributed by atoms with Gasteiger partial charge in [0.15, 0.2) is 0 Å². The van der Waals surface area contributed by atoms with Crippen molar-refractivity contribution in [2.45, 2.75) is 52.7 Å². The molecule has 1 amide bonds. The number of para-hydroxylation sites is 1. The van der Waals surface area contributed by atoms with E-state index in [1.807, 2.05) is 35.2 Å². The van der Waals surface area contributed by atoms with Crippen molar-refractivity contribution in [2.24, 2.45) is 10.8 Å². The van der Waals surface area contributed by atoms with Crippen molar-refractivity contribution >= 4 is 5.91 Å². The van der Waals surface area contributed by atoms with Crippen molar-refractivity contribution in [3.05, 3.63) is 58.3 Å². The van der Waals surface area contributed by atoms with Gasteiger partial charge in [0.2, 0.25) is 0 Å². The predicted octanol–water partition coefficient (Wildman–Crippen LogP) is 3.39. The first-order valence-electron chi connectivity index (χ1n) is 9.82. The standard InChI is InChI=1S/C22H27N3O3/c1-21(2)9-15-10-22(3,13-21)14-25(15)20(27)17-11-23-18(24-19(17)26)12-28-16-7-5-4-6-8-16/h4-8,11,15H,9-10,12-14H2,1-3H3,(H,23,24,26)/t15-,22-/m1/s1. The van der Waals surface area contributed by atoms with Crippen molar-refractivity contribution in [1.29, 1.82) is 0 Å². The number of nitrogens with zero attached hydrogens (tertiary/aromatic N) is 2. The fourth-order valence-electron chi connectivity index (χ4n) is 5.18. The molecule has 1 saturated heterocycles. The summed E-state index contributed by atoms with van der Waals surface area (Å²) in [6.07, 6.45) is 4.48. The van der Waals surface area contributed by atoms with Gasteiger partial charge in [-0.15, -0.1) is 0 Å². The number of nitrogens with one attached hydrogen (secondary N) is 1. The molecule has 6 nitrogen and oxygen atoms in total. The number of aromatic nitrogens is 2. The minimum absolute atomic E-state index is 0.109. The van der Waals surface area contributed by atoms with Crippen LogP contribution in [0.1, 0.15) is 56.2 Å². The van der Waals surface area contributed by atoms with Gasteiger partial charge in [0.05, 0.1) is 0 Å². The fourth-order valence-corrected chi connectivity index (χ4v) is 5.18. The van der Waals surface area contributed by atoms with Crippen LogP contribution in [-0.2, 0) is 6.61 Å². The molecule has 2 aliphatic rings. The molecular formula is C22H27N3O3. The van der Waals surface area contributed by atoms with Gasteiger partial charge in [-0.1, -0.05) is 39.0 Å². The van der Waals surface area contributed by atoms with Gasteiger partial charge in [-0.25, -0.2) is 4.98 Å². The van der Waals surface area contributed by atoms with Crippen molar-refractivity contribution in [1.82, 2.24) is 14.9 Å². The Labute approximate surface area is 164 Å². The average Bonchev–Trinajstić information content (AvgIpc) is 2.89. The Morgan fingerprint density at radius 2 is 2.00 bits per heavy atom. The summed E-state index contributed by atoms with van der Waals surface area (Å²) in [5.74, 6) is 0.889. The van der Waals surface area contributed by atoms with E-state index < -0.39 is 5.56 Å². The van der Waals surface area contributed by atoms with E-state index in [2.05, 4.69) is 30.7 Å². The molecule has 2 atom stereocenters. The third-order valence-electron chi connectivity index (χ3n) is 5.88. The Morgan fingerprint density at radius 1 is 1.25 bits per heavy atom. The number of aromatic amines is 1. The summed E-state index contributed by atoms with van der Waals surface area (Å²) in [4.78, 5) is 34.5. The van der Waals surface area contributed by atoms with Gasteiger partial charge in [0.25, 0.3) is 11.5 Å². The van der Waals surface area contributed by atoms with E-state index in [-0.39, 0.29) is 34.9 Å². The molecule has 148 valence electrons. The van der Waals surface area contributed by atoms with Crippen LogP contribution in [0.2, 0.25) is 0 Å². The average molecular weight is 381 g/mol. The molecule has 6 heteroatoms. The van der Waals surface area contributed by atoms with Crippen LogP contribution in [0.3, 0.4) is 0 Å². The largest absolute Gasteiger partial charge is 0.486 e. The van der Waals surface area contributed by atoms with Gasteiger partial charge in [-0.05, 0) is 42.2 Å². The molecule has 2 fully saturated rings. The van der Waals surface area contributed by atoms with Crippen LogP contribution in [0.5, 0.6) is 5.75 Å². The van der Waals surface area contributed by atoms with Gasteiger partial charge in [0.1, 0.15) is 23.7 Å². The lowest BCUT2D eigenvalue weighted by atomic mass is 9.65. The van der Waals surface area contributed by atoms with E-state index >= 15 is 0 Å². The van der Waals surface area contributed by atoms with E-state index in [0.29, 0.717) is 18.1 Å². The number of likely N-dealkylation sites (tertiary alicyclic amines) is 1. The third kappa shape index (κ3) is 3.68. The number of fused-ring (bicyclic) bond motifs is 2. The Hall–Kier alpha value is -2.63. The molecule has 0 radical (unpaired) electrons. The first-order chi connectivity index (χ1) is 13.2. The monoisotopic (exact) mass is 381 g/mol. The third-order valence-corrected chi connectivity index (χ3v) is 5.88. The van der Waals surface area contributed by atoms with Crippen molar-refractivity contribution in [3.8, 4) is 5.75 Å². The van der Waals surface area contributed by atoms with Gasteiger partial charge in [0, 0.05) is 18.8 Å². The molecule has 2 heterocycles. The molecule has 1 N–H and O–H groups in total. The Bertz CT molecular complexity index is 938. The zero-order valence-corrected chi connectivity index (χ0v) is 16.7. The second-order valence-corrected chi connectivity index (χ2v) is 9.32. The molecule has 1 aromatic heterocycles. The maximum atomic E-state index is 13.1. The van der Waals surface area contributed by atoms with Crippen LogP contribution in [0.15, 0.2) is 41.3 Å². The molecule has 1 saturated carbocycles. The van der Waals surface area contributed by atoms with Crippen LogP contribution >= 0.6 is 0 Å². The molecule has 0 unspecified atom stereocenters. The highest BCUT2D eigenvalue weighted by Crippen LogP contribution is 2.52. The van der Waals surface area contributed by atoms with Gasteiger partial charge >= 0.3 is 0 Å². The second kappa shape index (κ2) is 6.76. The first-order valence-corrected chi connectivity index (χ1v) is 9.82. The number of hydrogen-bond acceptors (Lipinski definition) is 4. The number of benzene rings is 1. The van der Waals surface area contributed by atoms with Crippen molar-refractivity contribution < 1.29 is 9.53 Å². The second-order valence-electron chi connectivity index (χ2n) is 9.32. The summed E-state index contributed by atoms with van der Waals surface area (Å²) in [5.41, 5.74) is 0.0526. The summed E-state index contributed by atoms with van der Waals surface area (Å²) in [7, 11) is 0. The quantitative estimate of drug-likeness (QED) is 0.881.